The average molecular weight is 953 g/mol. The first kappa shape index (κ1) is 42.9. The summed E-state index contributed by atoms with van der Waals surface area (Å²) < 4.78 is 2.45. The van der Waals surface area contributed by atoms with Crippen LogP contribution in [0.1, 0.15) is 22.3 Å². The van der Waals surface area contributed by atoms with Crippen molar-refractivity contribution in [3.63, 3.8) is 0 Å². The van der Waals surface area contributed by atoms with Crippen molar-refractivity contribution < 1.29 is 0 Å². The molecule has 0 bridgehead atoms. The topological polar surface area (TPSA) is 8.17 Å². The van der Waals surface area contributed by atoms with Crippen molar-refractivity contribution >= 4 is 38.9 Å². The SMILES string of the molecule is c1ccc(-c2cccc(-c3ccc4c(c3)c3cc(-c5cccc(-c6ccccc6)c5)ccc3n4-c3ccc(N(c4ccccc4)c4ccc5c(c4)C4(c6ccccc6-c6ccccc64)c4ccccc4-5)cc3)c2)cc1. The van der Waals surface area contributed by atoms with Crippen LogP contribution in [0.4, 0.5) is 17.1 Å². The Morgan fingerprint density at radius 2 is 0.613 bits per heavy atom. The molecular weight excluding hydrogens is 905 g/mol. The quantitative estimate of drug-likeness (QED) is 0.147. The molecule has 2 nitrogen and oxygen atoms in total. The third-order valence-corrected chi connectivity index (χ3v) is 16.0. The maximum absolute atomic E-state index is 2.47. The molecule has 0 atom stereocenters. The lowest BCUT2D eigenvalue weighted by molar-refractivity contribution is 0.793. The first-order valence-electron chi connectivity index (χ1n) is 26.0. The van der Waals surface area contributed by atoms with Gasteiger partial charge in [0.05, 0.1) is 16.4 Å². The molecule has 0 fully saturated rings. The van der Waals surface area contributed by atoms with Gasteiger partial charge in [0.2, 0.25) is 0 Å². The van der Waals surface area contributed by atoms with E-state index in [1.165, 1.54) is 99.8 Å². The largest absolute Gasteiger partial charge is 0.310 e. The second-order valence-electron chi connectivity index (χ2n) is 20.0. The van der Waals surface area contributed by atoms with Gasteiger partial charge in [-0.05, 0) is 174 Å². The van der Waals surface area contributed by atoms with E-state index in [1.807, 2.05) is 0 Å². The highest BCUT2D eigenvalue weighted by Crippen LogP contribution is 2.63. The Morgan fingerprint density at radius 1 is 0.240 bits per heavy atom. The maximum Gasteiger partial charge on any atom is 0.0726 e. The Labute approximate surface area is 437 Å². The molecule has 1 spiro atoms. The summed E-state index contributed by atoms with van der Waals surface area (Å²) in [5, 5.41) is 2.43. The molecule has 1 aromatic heterocycles. The van der Waals surface area contributed by atoms with Crippen LogP contribution in [0.2, 0.25) is 0 Å². The van der Waals surface area contributed by atoms with Crippen LogP contribution in [0.25, 0.3) is 94.3 Å². The molecule has 2 aliphatic rings. The van der Waals surface area contributed by atoms with Gasteiger partial charge in [0.1, 0.15) is 0 Å². The maximum atomic E-state index is 2.47. The van der Waals surface area contributed by atoms with Gasteiger partial charge in [-0.15, -0.1) is 0 Å². The van der Waals surface area contributed by atoms with Crippen LogP contribution in [-0.2, 0) is 5.41 Å². The summed E-state index contributed by atoms with van der Waals surface area (Å²) in [7, 11) is 0. The molecule has 15 rings (SSSR count). The molecule has 350 valence electrons. The van der Waals surface area contributed by atoms with Crippen LogP contribution < -0.4 is 4.90 Å². The zero-order chi connectivity index (χ0) is 49.5. The fourth-order valence-corrected chi connectivity index (χ4v) is 12.7. The van der Waals surface area contributed by atoms with Gasteiger partial charge in [-0.25, -0.2) is 0 Å². The summed E-state index contributed by atoms with van der Waals surface area (Å²) >= 11 is 0. The van der Waals surface area contributed by atoms with E-state index in [1.54, 1.807) is 0 Å². The van der Waals surface area contributed by atoms with Crippen LogP contribution >= 0.6 is 0 Å². The number of fused-ring (bicyclic) bond motifs is 13. The van der Waals surface area contributed by atoms with Gasteiger partial charge in [-0.1, -0.05) is 206 Å². The lowest BCUT2D eigenvalue weighted by Gasteiger charge is -2.32. The molecule has 0 amide bonds. The van der Waals surface area contributed by atoms with Gasteiger partial charge >= 0.3 is 0 Å². The summed E-state index contributed by atoms with van der Waals surface area (Å²) in [5.41, 5.74) is 26.5. The minimum Gasteiger partial charge on any atom is -0.310 e. The first-order valence-corrected chi connectivity index (χ1v) is 26.0. The molecule has 0 saturated heterocycles. The summed E-state index contributed by atoms with van der Waals surface area (Å²) in [4.78, 5) is 2.42. The van der Waals surface area contributed by atoms with E-state index < -0.39 is 5.41 Å². The highest BCUT2D eigenvalue weighted by molar-refractivity contribution is 6.12. The molecule has 12 aromatic carbocycles. The van der Waals surface area contributed by atoms with Crippen LogP contribution in [0.3, 0.4) is 0 Å². The van der Waals surface area contributed by atoms with E-state index in [4.69, 9.17) is 0 Å². The van der Waals surface area contributed by atoms with Crippen molar-refractivity contribution in [2.45, 2.75) is 5.41 Å². The van der Waals surface area contributed by atoms with E-state index in [0.29, 0.717) is 0 Å². The standard InChI is InChI=1S/C73H48N2/c1-4-18-49(19-5-1)51-22-16-24-53(44-51)55-34-42-71-65(46-55)66-47-56(54-25-17-23-52(45-54)50-20-6-2-7-21-50)35-43-72(66)75(71)59-38-36-58(37-39-59)74(57-26-8-3-9-27-57)60-40-41-64-63-30-12-15-33-69(63)73(70(64)48-60)67-31-13-10-28-61(67)62-29-11-14-32-68(62)73/h1-48H. The first-order chi connectivity index (χ1) is 37.2. The van der Waals surface area contributed by atoms with Crippen LogP contribution in [0.5, 0.6) is 0 Å². The van der Waals surface area contributed by atoms with Crippen LogP contribution in [0, 0.1) is 0 Å². The van der Waals surface area contributed by atoms with Crippen LogP contribution in [-0.4, -0.2) is 4.57 Å². The second-order valence-corrected chi connectivity index (χ2v) is 20.0. The second kappa shape index (κ2) is 17.2. The average Bonchev–Trinajstić information content (AvgIpc) is 4.10. The number of anilines is 3. The lowest BCUT2D eigenvalue weighted by atomic mass is 9.70. The third kappa shape index (κ3) is 6.73. The van der Waals surface area contributed by atoms with Crippen molar-refractivity contribution in [2.75, 3.05) is 4.90 Å². The molecule has 2 heteroatoms. The number of nitrogens with zero attached hydrogens (tertiary/aromatic N) is 2. The van der Waals surface area contributed by atoms with E-state index in [9.17, 15) is 0 Å². The fraction of sp³-hybridized carbons (Fsp3) is 0.0137. The normalized spacial score (nSPS) is 12.6. The summed E-state index contributed by atoms with van der Waals surface area (Å²) in [6, 6.07) is 107. The van der Waals surface area contributed by atoms with Gasteiger partial charge in [-0.3, -0.25) is 0 Å². The van der Waals surface area contributed by atoms with Gasteiger partial charge in [0.15, 0.2) is 0 Å². The summed E-state index contributed by atoms with van der Waals surface area (Å²) in [6.07, 6.45) is 0. The molecule has 0 N–H and O–H groups in total. The number of hydrogen-bond acceptors (Lipinski definition) is 1. The predicted molar refractivity (Wildman–Crippen MR) is 314 cm³/mol. The van der Waals surface area contributed by atoms with Crippen molar-refractivity contribution in [3.05, 3.63) is 313 Å². The van der Waals surface area contributed by atoms with Gasteiger partial charge in [0, 0.05) is 33.5 Å². The molecule has 75 heavy (non-hydrogen) atoms. The minimum atomic E-state index is -0.438. The van der Waals surface area contributed by atoms with Crippen molar-refractivity contribution in [1.29, 1.82) is 0 Å². The Bertz CT molecular complexity index is 4140. The van der Waals surface area contributed by atoms with Gasteiger partial charge < -0.3 is 9.47 Å². The van der Waals surface area contributed by atoms with Crippen molar-refractivity contribution in [3.8, 4) is 72.4 Å². The molecule has 1 heterocycles. The molecule has 2 aliphatic carbocycles. The lowest BCUT2D eigenvalue weighted by Crippen LogP contribution is -2.26. The molecule has 0 unspecified atom stereocenters. The zero-order valence-corrected chi connectivity index (χ0v) is 41.1. The fourth-order valence-electron chi connectivity index (χ4n) is 12.7. The summed E-state index contributed by atoms with van der Waals surface area (Å²) in [5.74, 6) is 0. The minimum absolute atomic E-state index is 0.438. The number of rotatable bonds is 8. The number of hydrogen-bond donors (Lipinski definition) is 0. The number of para-hydroxylation sites is 1. The van der Waals surface area contributed by atoms with E-state index in [0.717, 1.165) is 33.8 Å². The third-order valence-electron chi connectivity index (χ3n) is 16.0. The van der Waals surface area contributed by atoms with E-state index >= 15 is 0 Å². The monoisotopic (exact) mass is 952 g/mol. The van der Waals surface area contributed by atoms with Crippen molar-refractivity contribution in [2.24, 2.45) is 0 Å². The molecule has 0 aliphatic heterocycles. The Morgan fingerprint density at radius 3 is 1.11 bits per heavy atom. The molecular formula is C73H48N2. The smallest absolute Gasteiger partial charge is 0.0726 e. The predicted octanol–water partition coefficient (Wildman–Crippen LogP) is 19.3. The van der Waals surface area contributed by atoms with Crippen molar-refractivity contribution in [1.82, 2.24) is 4.57 Å². The highest BCUT2D eigenvalue weighted by atomic mass is 15.1. The molecule has 0 radical (unpaired) electrons. The van der Waals surface area contributed by atoms with Gasteiger partial charge in [-0.2, -0.15) is 0 Å². The highest BCUT2D eigenvalue weighted by Gasteiger charge is 2.51. The number of aromatic nitrogens is 1. The van der Waals surface area contributed by atoms with E-state index in [2.05, 4.69) is 301 Å². The Kier molecular flexibility index (Phi) is 9.83. The molecule has 13 aromatic rings. The van der Waals surface area contributed by atoms with E-state index in [-0.39, 0.29) is 0 Å². The molecule has 0 saturated carbocycles. The zero-order valence-electron chi connectivity index (χ0n) is 41.1. The Balaban J connectivity index is 0.878. The summed E-state index contributed by atoms with van der Waals surface area (Å²) in [6.45, 7) is 0. The number of benzene rings is 12. The van der Waals surface area contributed by atoms with Gasteiger partial charge in [0.25, 0.3) is 0 Å². The Hall–Kier alpha value is -9.76. The van der Waals surface area contributed by atoms with Crippen LogP contribution in [0.15, 0.2) is 291 Å².